The van der Waals surface area contributed by atoms with Gasteiger partial charge in [0.1, 0.15) is 11.6 Å². The Morgan fingerprint density at radius 3 is 2.67 bits per heavy atom. The number of rotatable bonds is 8. The quantitative estimate of drug-likeness (QED) is 0.429. The summed E-state index contributed by atoms with van der Waals surface area (Å²) in [5.74, 6) is -0.851. The van der Waals surface area contributed by atoms with Gasteiger partial charge in [0, 0.05) is 12.1 Å². The maximum Gasteiger partial charge on any atom is 0.253 e. The Hall–Kier alpha value is -2.36. The Bertz CT molecular complexity index is 1010. The van der Waals surface area contributed by atoms with Gasteiger partial charge in [-0.25, -0.2) is 8.78 Å². The number of nitrogens with zero attached hydrogens (tertiary/aromatic N) is 2. The molecule has 178 valence electrons. The third-order valence-corrected chi connectivity index (χ3v) is 7.10. The van der Waals surface area contributed by atoms with Crippen molar-refractivity contribution in [2.75, 3.05) is 12.3 Å². The van der Waals surface area contributed by atoms with E-state index in [9.17, 15) is 18.6 Å². The first-order valence-corrected chi connectivity index (χ1v) is 12.3. The van der Waals surface area contributed by atoms with Crippen LogP contribution in [0.25, 0.3) is 11.1 Å². The lowest BCUT2D eigenvalue weighted by Crippen LogP contribution is -2.52. The van der Waals surface area contributed by atoms with Crippen molar-refractivity contribution in [2.45, 2.75) is 58.2 Å². The summed E-state index contributed by atoms with van der Waals surface area (Å²) in [5.41, 5.74) is 0.330. The minimum Gasteiger partial charge on any atom is -0.335 e. The summed E-state index contributed by atoms with van der Waals surface area (Å²) in [7, 11) is 0. The van der Waals surface area contributed by atoms with Crippen LogP contribution in [0.1, 0.15) is 38.3 Å². The van der Waals surface area contributed by atoms with Crippen molar-refractivity contribution >= 4 is 17.3 Å². The first-order valence-electron chi connectivity index (χ1n) is 10.9. The van der Waals surface area contributed by atoms with E-state index < -0.39 is 40.5 Å². The molecule has 6 nitrogen and oxygen atoms in total. The lowest BCUT2D eigenvalue weighted by molar-refractivity contribution is -0.136. The minimum atomic E-state index is -1.45. The van der Waals surface area contributed by atoms with Crippen LogP contribution in [0.4, 0.5) is 8.78 Å². The minimum absolute atomic E-state index is 0.174. The molecule has 2 N–H and O–H groups in total. The van der Waals surface area contributed by atoms with Gasteiger partial charge >= 0.3 is 0 Å². The highest BCUT2D eigenvalue weighted by atomic mass is 32.2. The summed E-state index contributed by atoms with van der Waals surface area (Å²) in [5, 5.41) is 2.98. The van der Waals surface area contributed by atoms with Gasteiger partial charge in [0.2, 0.25) is 11.4 Å². The van der Waals surface area contributed by atoms with Gasteiger partial charge in [-0.05, 0) is 69.4 Å². The predicted octanol–water partition coefficient (Wildman–Crippen LogP) is 4.61. The first-order chi connectivity index (χ1) is 15.6. The highest BCUT2D eigenvalue weighted by molar-refractivity contribution is 7.89. The van der Waals surface area contributed by atoms with E-state index in [0.29, 0.717) is 35.4 Å². The van der Waals surface area contributed by atoms with Crippen LogP contribution >= 0.6 is 0 Å². The SMILES string of the molecule is CC[S+](O)NC1CCN(C(=O)C(C)(C)N=O)C1Cc1cccc(-c2cc(C)cc(F)c2)c1F. The van der Waals surface area contributed by atoms with Gasteiger partial charge in [-0.2, -0.15) is 4.55 Å². The molecular formula is C24H30F2N3O3S+. The van der Waals surface area contributed by atoms with Gasteiger partial charge in [-0.1, -0.05) is 29.4 Å². The molecule has 0 aliphatic carbocycles. The van der Waals surface area contributed by atoms with Crippen LogP contribution in [-0.4, -0.2) is 45.3 Å². The molecular weight excluding hydrogens is 448 g/mol. The van der Waals surface area contributed by atoms with Crippen LogP contribution in [0.3, 0.4) is 0 Å². The van der Waals surface area contributed by atoms with Crippen molar-refractivity contribution in [1.29, 1.82) is 0 Å². The summed E-state index contributed by atoms with van der Waals surface area (Å²) >= 11 is -1.05. The third kappa shape index (κ3) is 5.59. The number of halogens is 2. The highest BCUT2D eigenvalue weighted by Crippen LogP contribution is 2.31. The van der Waals surface area contributed by atoms with Crippen molar-refractivity contribution < 1.29 is 18.1 Å². The van der Waals surface area contributed by atoms with Crippen LogP contribution in [0, 0.1) is 23.5 Å². The molecule has 2 aromatic rings. The zero-order valence-corrected chi connectivity index (χ0v) is 20.1. The lowest BCUT2D eigenvalue weighted by atomic mass is 9.94. The highest BCUT2D eigenvalue weighted by Gasteiger charge is 2.45. The molecule has 0 bridgehead atoms. The topological polar surface area (TPSA) is 82.0 Å². The van der Waals surface area contributed by atoms with Gasteiger partial charge in [0.05, 0.1) is 12.1 Å². The molecule has 9 heteroatoms. The Labute approximate surface area is 196 Å². The Balaban J connectivity index is 1.97. The van der Waals surface area contributed by atoms with Crippen LogP contribution < -0.4 is 4.72 Å². The van der Waals surface area contributed by atoms with Crippen molar-refractivity contribution in [3.63, 3.8) is 0 Å². The third-order valence-electron chi connectivity index (χ3n) is 5.98. The Kier molecular flexibility index (Phi) is 7.87. The van der Waals surface area contributed by atoms with Crippen LogP contribution in [0.5, 0.6) is 0 Å². The summed E-state index contributed by atoms with van der Waals surface area (Å²) in [6.45, 7) is 6.86. The number of hydrogen-bond donors (Lipinski definition) is 2. The van der Waals surface area contributed by atoms with E-state index >= 15 is 4.39 Å². The second-order valence-corrected chi connectivity index (χ2v) is 10.4. The number of carbonyl (C=O) groups excluding carboxylic acids is 1. The number of carbonyl (C=O) groups is 1. The molecule has 1 saturated heterocycles. The number of benzene rings is 2. The number of likely N-dealkylation sites (tertiary alicyclic amines) is 1. The van der Waals surface area contributed by atoms with Crippen molar-refractivity contribution in [3.8, 4) is 11.1 Å². The predicted molar refractivity (Wildman–Crippen MR) is 128 cm³/mol. The summed E-state index contributed by atoms with van der Waals surface area (Å²) in [4.78, 5) is 25.9. The molecule has 2 aromatic carbocycles. The van der Waals surface area contributed by atoms with E-state index in [1.165, 1.54) is 26.0 Å². The monoisotopic (exact) mass is 478 g/mol. The number of nitrogens with one attached hydrogen (secondary N) is 1. The Morgan fingerprint density at radius 2 is 2.03 bits per heavy atom. The van der Waals surface area contributed by atoms with Gasteiger partial charge in [0.15, 0.2) is 11.3 Å². The van der Waals surface area contributed by atoms with E-state index in [-0.39, 0.29) is 18.0 Å². The van der Waals surface area contributed by atoms with Crippen LogP contribution in [-0.2, 0) is 22.6 Å². The number of hydrogen-bond acceptors (Lipinski definition) is 5. The molecule has 0 spiro atoms. The fourth-order valence-electron chi connectivity index (χ4n) is 4.22. The normalized spacial score (nSPS) is 19.5. The second kappa shape index (κ2) is 10.3. The summed E-state index contributed by atoms with van der Waals surface area (Å²) < 4.78 is 42.8. The zero-order valence-electron chi connectivity index (χ0n) is 19.3. The molecule has 3 atom stereocenters. The van der Waals surface area contributed by atoms with Gasteiger partial charge in [0.25, 0.3) is 5.91 Å². The van der Waals surface area contributed by atoms with Crippen molar-refractivity contribution in [2.24, 2.45) is 5.18 Å². The molecule has 3 unspecified atom stereocenters. The molecule has 0 radical (unpaired) electrons. The number of amides is 1. The molecule has 1 fully saturated rings. The van der Waals surface area contributed by atoms with E-state index in [1.54, 1.807) is 36.1 Å². The van der Waals surface area contributed by atoms with Crippen LogP contribution in [0.2, 0.25) is 0 Å². The maximum absolute atomic E-state index is 15.6. The average Bonchev–Trinajstić information content (AvgIpc) is 3.15. The van der Waals surface area contributed by atoms with E-state index in [2.05, 4.69) is 9.90 Å². The van der Waals surface area contributed by atoms with Crippen molar-refractivity contribution in [3.05, 3.63) is 64.1 Å². The summed E-state index contributed by atoms with van der Waals surface area (Å²) in [6.07, 6.45) is 0.729. The molecule has 0 aromatic heterocycles. The number of aryl methyl sites for hydroxylation is 1. The van der Waals surface area contributed by atoms with E-state index in [0.717, 1.165) is 0 Å². The van der Waals surface area contributed by atoms with Gasteiger partial charge in [-0.15, -0.1) is 9.63 Å². The molecule has 0 saturated carbocycles. The second-order valence-electron chi connectivity index (χ2n) is 8.88. The Morgan fingerprint density at radius 1 is 1.30 bits per heavy atom. The zero-order chi connectivity index (χ0) is 24.3. The van der Waals surface area contributed by atoms with E-state index in [1.807, 2.05) is 6.92 Å². The molecule has 1 aliphatic rings. The smallest absolute Gasteiger partial charge is 0.253 e. The van der Waals surface area contributed by atoms with Gasteiger partial charge in [-0.3, -0.25) is 4.79 Å². The lowest BCUT2D eigenvalue weighted by Gasteiger charge is -2.31. The first kappa shape index (κ1) is 25.3. The van der Waals surface area contributed by atoms with Crippen molar-refractivity contribution in [1.82, 2.24) is 9.62 Å². The largest absolute Gasteiger partial charge is 0.335 e. The molecule has 1 aliphatic heterocycles. The maximum atomic E-state index is 15.6. The average molecular weight is 479 g/mol. The fraction of sp³-hybridized carbons (Fsp3) is 0.458. The fourth-order valence-corrected chi connectivity index (χ4v) is 5.01. The molecule has 3 rings (SSSR count). The molecule has 1 heterocycles. The standard InChI is InChI=1S/C24H30F2N3O3S/c1-5-33(32)27-20-9-10-29(23(30)24(3,4)28-31)21(20)14-16-7-6-8-19(22(16)26)17-11-15(2)12-18(25)13-17/h6-8,11-13,20-21,27,32H,5,9-10,14H2,1-4H3/q+1. The number of nitroso groups, excluding NO2 is 1. The molecule has 1 amide bonds. The van der Waals surface area contributed by atoms with Gasteiger partial charge < -0.3 is 4.90 Å². The molecule has 33 heavy (non-hydrogen) atoms. The van der Waals surface area contributed by atoms with E-state index in [4.69, 9.17) is 0 Å². The summed E-state index contributed by atoms with van der Waals surface area (Å²) in [6, 6.07) is 8.59. The van der Waals surface area contributed by atoms with Crippen LogP contribution in [0.15, 0.2) is 41.6 Å².